The number of nitrogens with zero attached hydrogens (tertiary/aromatic N) is 1. The van der Waals surface area contributed by atoms with Gasteiger partial charge >= 0.3 is 0 Å². The van der Waals surface area contributed by atoms with Crippen molar-refractivity contribution >= 4 is 5.78 Å². The van der Waals surface area contributed by atoms with Gasteiger partial charge in [0.2, 0.25) is 0 Å². The molecule has 2 aromatic rings. The molecule has 1 unspecified atom stereocenters. The molecule has 0 spiro atoms. The van der Waals surface area contributed by atoms with E-state index in [1.807, 2.05) is 0 Å². The van der Waals surface area contributed by atoms with Gasteiger partial charge in [-0.3, -0.25) is 4.79 Å². The fourth-order valence-corrected chi connectivity index (χ4v) is 2.04. The number of rotatable bonds is 4. The summed E-state index contributed by atoms with van der Waals surface area (Å²) in [6, 6.07) is 11.0. The van der Waals surface area contributed by atoms with Gasteiger partial charge in [-0.15, -0.1) is 0 Å². The largest absolute Gasteiger partial charge is 0.496 e. The summed E-state index contributed by atoms with van der Waals surface area (Å²) in [6.45, 7) is 0. The molecule has 5 heteroatoms. The second-order valence-electron chi connectivity index (χ2n) is 4.26. The second-order valence-corrected chi connectivity index (χ2v) is 4.26. The Morgan fingerprint density at radius 2 is 1.81 bits per heavy atom. The Kier molecular flexibility index (Phi) is 4.29. The Morgan fingerprint density at radius 3 is 2.43 bits per heavy atom. The maximum absolute atomic E-state index is 13.9. The summed E-state index contributed by atoms with van der Waals surface area (Å²) >= 11 is 0. The third kappa shape index (κ3) is 2.75. The van der Waals surface area contributed by atoms with Crippen LogP contribution in [0.4, 0.5) is 8.78 Å². The number of nitriles is 1. The maximum atomic E-state index is 13.9. The van der Waals surface area contributed by atoms with Crippen molar-refractivity contribution in [1.82, 2.24) is 0 Å². The number of carbonyl (C=O) groups excluding carboxylic acids is 1. The lowest BCUT2D eigenvalue weighted by atomic mass is 9.91. The molecule has 0 bridgehead atoms. The number of benzene rings is 2. The van der Waals surface area contributed by atoms with Gasteiger partial charge in [-0.2, -0.15) is 5.26 Å². The molecule has 0 heterocycles. The van der Waals surface area contributed by atoms with Gasteiger partial charge in [-0.05, 0) is 18.2 Å². The molecular weight excluding hydrogens is 276 g/mol. The lowest BCUT2D eigenvalue weighted by Gasteiger charge is -2.13. The Balaban J connectivity index is 2.53. The minimum Gasteiger partial charge on any atom is -0.496 e. The van der Waals surface area contributed by atoms with E-state index in [1.165, 1.54) is 37.4 Å². The molecule has 0 aliphatic rings. The number of ketones is 1. The summed E-state index contributed by atoms with van der Waals surface area (Å²) in [5, 5.41) is 9.19. The first-order valence-electron chi connectivity index (χ1n) is 6.11. The zero-order valence-electron chi connectivity index (χ0n) is 11.1. The average molecular weight is 287 g/mol. The molecule has 0 N–H and O–H groups in total. The van der Waals surface area contributed by atoms with E-state index in [9.17, 15) is 18.8 Å². The fourth-order valence-electron chi connectivity index (χ4n) is 2.04. The summed E-state index contributed by atoms with van der Waals surface area (Å²) in [7, 11) is 1.29. The highest BCUT2D eigenvalue weighted by Crippen LogP contribution is 2.29. The van der Waals surface area contributed by atoms with E-state index in [-0.39, 0.29) is 16.9 Å². The summed E-state index contributed by atoms with van der Waals surface area (Å²) in [6.07, 6.45) is 0. The number of halogens is 2. The van der Waals surface area contributed by atoms with E-state index in [1.54, 1.807) is 6.07 Å². The lowest BCUT2D eigenvalue weighted by molar-refractivity contribution is 0.0970. The topological polar surface area (TPSA) is 50.1 Å². The van der Waals surface area contributed by atoms with Crippen LogP contribution in [0.25, 0.3) is 0 Å². The molecule has 2 rings (SSSR count). The number of methoxy groups -OCH3 is 1. The molecule has 3 nitrogen and oxygen atoms in total. The first-order chi connectivity index (χ1) is 10.1. The van der Waals surface area contributed by atoms with E-state index >= 15 is 0 Å². The van der Waals surface area contributed by atoms with E-state index in [0.717, 1.165) is 12.1 Å². The molecule has 0 aromatic heterocycles. The minimum atomic E-state index is -1.43. The van der Waals surface area contributed by atoms with Gasteiger partial charge in [-0.1, -0.05) is 24.3 Å². The number of hydrogen-bond acceptors (Lipinski definition) is 3. The molecule has 1 atom stereocenters. The minimum absolute atomic E-state index is 0.0107. The van der Waals surface area contributed by atoms with Gasteiger partial charge in [0.25, 0.3) is 0 Å². The Hall–Kier alpha value is -2.74. The van der Waals surface area contributed by atoms with Crippen LogP contribution in [0, 0.1) is 23.0 Å². The highest BCUT2D eigenvalue weighted by atomic mass is 19.1. The van der Waals surface area contributed by atoms with Crippen molar-refractivity contribution in [2.24, 2.45) is 0 Å². The molecule has 21 heavy (non-hydrogen) atoms. The standard InChI is InChI=1S/C16H11F2NO2/c1-21-14-8-4-7-13(18)15(14)16(20)11(9-19)10-5-2-3-6-12(10)17/h2-8,11H,1H3. The van der Waals surface area contributed by atoms with Crippen molar-refractivity contribution in [2.75, 3.05) is 7.11 Å². The molecule has 0 amide bonds. The van der Waals surface area contributed by atoms with Crippen LogP contribution in [0.5, 0.6) is 5.75 Å². The highest BCUT2D eigenvalue weighted by molar-refractivity contribution is 6.05. The first kappa shape index (κ1) is 14.7. The SMILES string of the molecule is COc1cccc(F)c1C(=O)C(C#N)c1ccccc1F. The van der Waals surface area contributed by atoms with E-state index in [0.29, 0.717) is 0 Å². The summed E-state index contributed by atoms with van der Waals surface area (Å²) < 4.78 is 32.6. The predicted molar refractivity (Wildman–Crippen MR) is 72.0 cm³/mol. The smallest absolute Gasteiger partial charge is 0.191 e. The summed E-state index contributed by atoms with van der Waals surface area (Å²) in [5.41, 5.74) is -0.440. The Labute approximate surface area is 120 Å². The third-order valence-electron chi connectivity index (χ3n) is 3.05. The summed E-state index contributed by atoms with van der Waals surface area (Å²) in [5.74, 6) is -3.75. The van der Waals surface area contributed by atoms with Gasteiger partial charge in [0.1, 0.15) is 23.3 Å². The van der Waals surface area contributed by atoms with Crippen molar-refractivity contribution in [3.8, 4) is 11.8 Å². The number of carbonyl (C=O) groups is 1. The number of Topliss-reactive ketones (excluding diaryl/α,β-unsaturated/α-hetero) is 1. The van der Waals surface area contributed by atoms with Crippen molar-refractivity contribution in [1.29, 1.82) is 5.26 Å². The maximum Gasteiger partial charge on any atom is 0.191 e. The van der Waals surface area contributed by atoms with Crippen LogP contribution in [-0.2, 0) is 0 Å². The van der Waals surface area contributed by atoms with Crippen molar-refractivity contribution in [3.05, 3.63) is 65.2 Å². The van der Waals surface area contributed by atoms with Crippen LogP contribution in [-0.4, -0.2) is 12.9 Å². The van der Waals surface area contributed by atoms with Crippen LogP contribution >= 0.6 is 0 Å². The zero-order valence-corrected chi connectivity index (χ0v) is 11.1. The Morgan fingerprint density at radius 1 is 1.14 bits per heavy atom. The van der Waals surface area contributed by atoms with Gasteiger partial charge < -0.3 is 4.74 Å². The van der Waals surface area contributed by atoms with Crippen LogP contribution in [0.1, 0.15) is 21.8 Å². The van der Waals surface area contributed by atoms with E-state index in [4.69, 9.17) is 4.74 Å². The van der Waals surface area contributed by atoms with Crippen molar-refractivity contribution in [3.63, 3.8) is 0 Å². The molecule has 106 valence electrons. The normalized spacial score (nSPS) is 11.5. The zero-order chi connectivity index (χ0) is 15.4. The highest BCUT2D eigenvalue weighted by Gasteiger charge is 2.29. The van der Waals surface area contributed by atoms with Gasteiger partial charge in [0.15, 0.2) is 5.78 Å². The lowest BCUT2D eigenvalue weighted by Crippen LogP contribution is -2.15. The second kappa shape index (κ2) is 6.14. The van der Waals surface area contributed by atoms with Crippen LogP contribution < -0.4 is 4.74 Å². The van der Waals surface area contributed by atoms with E-state index in [2.05, 4.69) is 0 Å². The predicted octanol–water partition coefficient (Wildman–Crippen LogP) is 3.46. The molecular formula is C16H11F2NO2. The fraction of sp³-hybridized carbons (Fsp3) is 0.125. The molecule has 0 fully saturated rings. The third-order valence-corrected chi connectivity index (χ3v) is 3.05. The van der Waals surface area contributed by atoms with Gasteiger partial charge in [0, 0.05) is 5.56 Å². The Bertz CT molecular complexity index is 722. The van der Waals surface area contributed by atoms with Gasteiger partial charge in [-0.25, -0.2) is 8.78 Å². The molecule has 0 aliphatic carbocycles. The van der Waals surface area contributed by atoms with Crippen molar-refractivity contribution < 1.29 is 18.3 Å². The van der Waals surface area contributed by atoms with Crippen LogP contribution in [0.2, 0.25) is 0 Å². The molecule has 0 aliphatic heterocycles. The summed E-state index contributed by atoms with van der Waals surface area (Å²) in [4.78, 5) is 12.4. The molecule has 0 saturated heterocycles. The van der Waals surface area contributed by atoms with E-state index < -0.39 is 23.3 Å². The number of ether oxygens (including phenoxy) is 1. The number of hydrogen-bond donors (Lipinski definition) is 0. The average Bonchev–Trinajstić information content (AvgIpc) is 2.49. The molecule has 0 radical (unpaired) electrons. The van der Waals surface area contributed by atoms with Gasteiger partial charge in [0.05, 0.1) is 18.7 Å². The quantitative estimate of drug-likeness (QED) is 0.809. The van der Waals surface area contributed by atoms with Crippen molar-refractivity contribution in [2.45, 2.75) is 5.92 Å². The molecule has 0 saturated carbocycles. The van der Waals surface area contributed by atoms with Crippen LogP contribution in [0.3, 0.4) is 0 Å². The monoisotopic (exact) mass is 287 g/mol. The first-order valence-corrected chi connectivity index (χ1v) is 6.11. The van der Waals surface area contributed by atoms with Crippen LogP contribution in [0.15, 0.2) is 42.5 Å². The molecule has 2 aromatic carbocycles.